The van der Waals surface area contributed by atoms with E-state index in [2.05, 4.69) is 24.4 Å². The van der Waals surface area contributed by atoms with Crippen LogP contribution in [0, 0.1) is 6.92 Å². The molecule has 2 fully saturated rings. The fourth-order valence-electron chi connectivity index (χ4n) is 2.89. The lowest BCUT2D eigenvalue weighted by molar-refractivity contribution is -0.0894. The Kier molecular flexibility index (Phi) is 3.71. The fraction of sp³-hybridized carbons (Fsp3) is 0.714. The highest BCUT2D eigenvalue weighted by Crippen LogP contribution is 2.33. The monoisotopic (exact) mass is 267 g/mol. The van der Waals surface area contributed by atoms with E-state index in [-0.39, 0.29) is 5.60 Å². The number of rotatable bonds is 3. The largest absolute Gasteiger partial charge is 0.378 e. The smallest absolute Gasteiger partial charge is 0.0951 e. The Labute approximate surface area is 112 Å². The summed E-state index contributed by atoms with van der Waals surface area (Å²) < 4.78 is 11.5. The van der Waals surface area contributed by atoms with Gasteiger partial charge in [0.2, 0.25) is 0 Å². The lowest BCUT2D eigenvalue weighted by Crippen LogP contribution is -2.47. The molecule has 3 rings (SSSR count). The molecule has 2 atom stereocenters. The topological polar surface area (TPSA) is 30.5 Å². The molecule has 2 aliphatic rings. The fourth-order valence-corrected chi connectivity index (χ4v) is 3.73. The molecule has 2 unspecified atom stereocenters. The molecule has 100 valence electrons. The molecule has 1 aromatic rings. The van der Waals surface area contributed by atoms with Crippen LogP contribution in [0.15, 0.2) is 12.1 Å². The molecule has 2 aliphatic heterocycles. The SMILES string of the molecule is Cc1ccc(CNC2CCOC3(CCOC3)C2)s1. The Morgan fingerprint density at radius 1 is 1.44 bits per heavy atom. The van der Waals surface area contributed by atoms with E-state index < -0.39 is 0 Å². The number of ether oxygens (including phenoxy) is 2. The molecule has 0 amide bonds. The third-order valence-electron chi connectivity index (χ3n) is 3.92. The highest BCUT2D eigenvalue weighted by molar-refractivity contribution is 7.11. The molecule has 0 bridgehead atoms. The number of hydrogen-bond donors (Lipinski definition) is 1. The maximum atomic E-state index is 5.95. The van der Waals surface area contributed by atoms with Crippen LogP contribution in [0.25, 0.3) is 0 Å². The number of thiophene rings is 1. The van der Waals surface area contributed by atoms with Gasteiger partial charge in [-0.05, 0) is 31.9 Å². The molecule has 18 heavy (non-hydrogen) atoms. The van der Waals surface area contributed by atoms with E-state index in [0.717, 1.165) is 45.6 Å². The number of hydrogen-bond acceptors (Lipinski definition) is 4. The van der Waals surface area contributed by atoms with Crippen molar-refractivity contribution >= 4 is 11.3 Å². The minimum Gasteiger partial charge on any atom is -0.378 e. The van der Waals surface area contributed by atoms with Gasteiger partial charge in [-0.15, -0.1) is 11.3 Å². The van der Waals surface area contributed by atoms with Gasteiger partial charge in [0.05, 0.1) is 12.2 Å². The highest BCUT2D eigenvalue weighted by Gasteiger charge is 2.40. The summed E-state index contributed by atoms with van der Waals surface area (Å²) in [6.45, 7) is 5.65. The summed E-state index contributed by atoms with van der Waals surface area (Å²) in [4.78, 5) is 2.81. The summed E-state index contributed by atoms with van der Waals surface area (Å²) in [6.07, 6.45) is 3.27. The van der Waals surface area contributed by atoms with Gasteiger partial charge in [-0.2, -0.15) is 0 Å². The van der Waals surface area contributed by atoms with Gasteiger partial charge in [-0.25, -0.2) is 0 Å². The summed E-state index contributed by atoms with van der Waals surface area (Å²) in [6, 6.07) is 4.99. The third-order valence-corrected chi connectivity index (χ3v) is 4.92. The van der Waals surface area contributed by atoms with Crippen molar-refractivity contribution in [1.82, 2.24) is 5.32 Å². The molecule has 0 radical (unpaired) electrons. The van der Waals surface area contributed by atoms with Crippen LogP contribution < -0.4 is 5.32 Å². The zero-order valence-electron chi connectivity index (χ0n) is 10.9. The second kappa shape index (κ2) is 5.29. The van der Waals surface area contributed by atoms with E-state index in [0.29, 0.717) is 6.04 Å². The van der Waals surface area contributed by atoms with Crippen LogP contribution in [0.2, 0.25) is 0 Å². The maximum Gasteiger partial charge on any atom is 0.0951 e. The molecule has 1 N–H and O–H groups in total. The molecule has 2 saturated heterocycles. The van der Waals surface area contributed by atoms with Crippen LogP contribution in [-0.2, 0) is 16.0 Å². The zero-order valence-corrected chi connectivity index (χ0v) is 11.7. The van der Waals surface area contributed by atoms with Crippen molar-refractivity contribution < 1.29 is 9.47 Å². The standard InChI is InChI=1S/C14H21NO2S/c1-11-2-3-13(18-11)9-15-12-4-6-17-14(8-12)5-7-16-10-14/h2-3,12,15H,4-10H2,1H3. The van der Waals surface area contributed by atoms with Crippen molar-refractivity contribution in [2.75, 3.05) is 19.8 Å². The van der Waals surface area contributed by atoms with Crippen molar-refractivity contribution in [2.24, 2.45) is 0 Å². The Hall–Kier alpha value is -0.420. The van der Waals surface area contributed by atoms with Crippen molar-refractivity contribution in [2.45, 2.75) is 44.4 Å². The third kappa shape index (κ3) is 2.77. The van der Waals surface area contributed by atoms with E-state index in [1.54, 1.807) is 0 Å². The van der Waals surface area contributed by atoms with Crippen molar-refractivity contribution in [1.29, 1.82) is 0 Å². The van der Waals surface area contributed by atoms with Crippen LogP contribution in [0.3, 0.4) is 0 Å². The molecule has 3 nitrogen and oxygen atoms in total. The minimum absolute atomic E-state index is 0.0152. The van der Waals surface area contributed by atoms with Gasteiger partial charge >= 0.3 is 0 Å². The predicted molar refractivity (Wildman–Crippen MR) is 73.0 cm³/mol. The number of nitrogens with one attached hydrogen (secondary N) is 1. The summed E-state index contributed by atoms with van der Waals surface area (Å²) in [5.74, 6) is 0. The van der Waals surface area contributed by atoms with Crippen LogP contribution in [0.4, 0.5) is 0 Å². The van der Waals surface area contributed by atoms with Crippen molar-refractivity contribution in [3.05, 3.63) is 21.9 Å². The average Bonchev–Trinajstić information content (AvgIpc) is 2.97. The molecular weight excluding hydrogens is 246 g/mol. The van der Waals surface area contributed by atoms with Gasteiger partial charge in [0.15, 0.2) is 0 Å². The summed E-state index contributed by atoms with van der Waals surface area (Å²) in [7, 11) is 0. The predicted octanol–water partition coefficient (Wildman–Crippen LogP) is 2.48. The molecule has 1 spiro atoms. The first-order valence-corrected chi connectivity index (χ1v) is 7.58. The van der Waals surface area contributed by atoms with Gasteiger partial charge in [-0.3, -0.25) is 0 Å². The van der Waals surface area contributed by atoms with Gasteiger partial charge in [-0.1, -0.05) is 0 Å². The first-order valence-electron chi connectivity index (χ1n) is 6.76. The molecule has 1 aromatic heterocycles. The molecule has 4 heteroatoms. The van der Waals surface area contributed by atoms with Crippen LogP contribution in [-0.4, -0.2) is 31.5 Å². The van der Waals surface area contributed by atoms with E-state index in [9.17, 15) is 0 Å². The minimum atomic E-state index is 0.0152. The van der Waals surface area contributed by atoms with Crippen LogP contribution in [0.5, 0.6) is 0 Å². The van der Waals surface area contributed by atoms with Gasteiger partial charge in [0.1, 0.15) is 0 Å². The lowest BCUT2D eigenvalue weighted by Gasteiger charge is -2.37. The summed E-state index contributed by atoms with van der Waals surface area (Å²) in [5, 5.41) is 3.68. The highest BCUT2D eigenvalue weighted by atomic mass is 32.1. The second-order valence-electron chi connectivity index (χ2n) is 5.42. The van der Waals surface area contributed by atoms with Gasteiger partial charge in [0, 0.05) is 42.0 Å². The van der Waals surface area contributed by atoms with E-state index in [1.807, 2.05) is 11.3 Å². The normalized spacial score (nSPS) is 32.2. The Morgan fingerprint density at radius 3 is 3.11 bits per heavy atom. The van der Waals surface area contributed by atoms with E-state index >= 15 is 0 Å². The first-order chi connectivity index (χ1) is 8.76. The molecule has 0 saturated carbocycles. The molecular formula is C14H21NO2S. The molecule has 0 aliphatic carbocycles. The summed E-state index contributed by atoms with van der Waals surface area (Å²) >= 11 is 1.88. The zero-order chi connectivity index (χ0) is 12.4. The Bertz CT molecular complexity index is 398. The quantitative estimate of drug-likeness (QED) is 0.912. The molecule has 0 aromatic carbocycles. The van der Waals surface area contributed by atoms with Crippen molar-refractivity contribution in [3.63, 3.8) is 0 Å². The van der Waals surface area contributed by atoms with E-state index in [1.165, 1.54) is 9.75 Å². The van der Waals surface area contributed by atoms with Crippen LogP contribution >= 0.6 is 11.3 Å². The number of aryl methyl sites for hydroxylation is 1. The lowest BCUT2D eigenvalue weighted by atomic mass is 9.90. The first kappa shape index (κ1) is 12.6. The second-order valence-corrected chi connectivity index (χ2v) is 6.79. The Balaban J connectivity index is 1.53. The Morgan fingerprint density at radius 2 is 2.39 bits per heavy atom. The van der Waals surface area contributed by atoms with Crippen molar-refractivity contribution in [3.8, 4) is 0 Å². The molecule has 3 heterocycles. The van der Waals surface area contributed by atoms with E-state index in [4.69, 9.17) is 9.47 Å². The summed E-state index contributed by atoms with van der Waals surface area (Å²) in [5.41, 5.74) is 0.0152. The average molecular weight is 267 g/mol. The van der Waals surface area contributed by atoms with Gasteiger partial charge < -0.3 is 14.8 Å². The maximum absolute atomic E-state index is 5.95. The van der Waals surface area contributed by atoms with Gasteiger partial charge in [0.25, 0.3) is 0 Å². The van der Waals surface area contributed by atoms with Crippen LogP contribution in [0.1, 0.15) is 29.0 Å².